The average molecular weight is 247 g/mol. The van der Waals surface area contributed by atoms with Crippen LogP contribution in [0.1, 0.15) is 12.5 Å². The van der Waals surface area contributed by atoms with Crippen molar-refractivity contribution in [2.75, 3.05) is 0 Å². The molecule has 3 nitrogen and oxygen atoms in total. The molecule has 0 aliphatic rings. The highest BCUT2D eigenvalue weighted by molar-refractivity contribution is 5.90. The summed E-state index contributed by atoms with van der Waals surface area (Å²) in [4.78, 5) is 11.5. The molecule has 1 aromatic carbocycles. The fourth-order valence-corrected chi connectivity index (χ4v) is 1.19. The van der Waals surface area contributed by atoms with Crippen molar-refractivity contribution in [1.29, 1.82) is 0 Å². The molecule has 94 valence electrons. The van der Waals surface area contributed by atoms with E-state index in [1.807, 2.05) is 0 Å². The molecule has 0 heterocycles. The van der Waals surface area contributed by atoms with E-state index in [-0.39, 0.29) is 11.3 Å². The van der Waals surface area contributed by atoms with Gasteiger partial charge in [-0.2, -0.15) is 13.2 Å². The normalized spacial score (nSPS) is 15.4. The van der Waals surface area contributed by atoms with Gasteiger partial charge in [0.2, 0.25) is 0 Å². The Kier molecular flexibility index (Phi) is 3.47. The lowest BCUT2D eigenvalue weighted by Gasteiger charge is -2.25. The van der Waals surface area contributed by atoms with Crippen LogP contribution in [0.5, 0.6) is 5.75 Å². The summed E-state index contributed by atoms with van der Waals surface area (Å²) in [5.41, 5.74) is 2.40. The van der Waals surface area contributed by atoms with Gasteiger partial charge in [-0.25, -0.2) is 0 Å². The van der Waals surface area contributed by atoms with Crippen LogP contribution in [0.25, 0.3) is 0 Å². The summed E-state index contributed by atoms with van der Waals surface area (Å²) >= 11 is 0. The molecule has 6 heteroatoms. The summed E-state index contributed by atoms with van der Waals surface area (Å²) in [7, 11) is 0. The summed E-state index contributed by atoms with van der Waals surface area (Å²) in [5.74, 6) is -1.25. The van der Waals surface area contributed by atoms with Gasteiger partial charge in [0.25, 0.3) is 0 Å². The third-order valence-electron chi connectivity index (χ3n) is 2.44. The number of hydrogen-bond donors (Lipinski definition) is 2. The quantitative estimate of drug-likeness (QED) is 0.855. The topological polar surface area (TPSA) is 63.3 Å². The Bertz CT molecular complexity index is 427. The molecule has 0 bridgehead atoms. The van der Waals surface area contributed by atoms with Gasteiger partial charge >= 0.3 is 6.18 Å². The lowest BCUT2D eigenvalue weighted by molar-refractivity contribution is -0.185. The predicted octanol–water partition coefficient (Wildman–Crippen LogP) is 1.78. The fraction of sp³-hybridized carbons (Fsp3) is 0.364. The number of alkyl halides is 3. The van der Waals surface area contributed by atoms with Gasteiger partial charge < -0.3 is 10.8 Å². The fourth-order valence-electron chi connectivity index (χ4n) is 1.19. The van der Waals surface area contributed by atoms with Crippen molar-refractivity contribution in [3.05, 3.63) is 29.8 Å². The van der Waals surface area contributed by atoms with Gasteiger partial charge in [0, 0.05) is 6.42 Å². The number of nitrogens with two attached hydrogens (primary N) is 1. The first-order valence-electron chi connectivity index (χ1n) is 4.81. The Balaban J connectivity index is 2.87. The molecule has 1 atom stereocenters. The van der Waals surface area contributed by atoms with Crippen LogP contribution in [0, 0.1) is 0 Å². The maximum Gasteiger partial charge on any atom is 0.413 e. The van der Waals surface area contributed by atoms with E-state index in [9.17, 15) is 18.0 Å². The molecule has 0 aromatic heterocycles. The number of carbonyl (C=O) groups is 1. The van der Waals surface area contributed by atoms with Gasteiger partial charge in [-0.3, -0.25) is 4.79 Å². The Morgan fingerprint density at radius 1 is 1.41 bits per heavy atom. The summed E-state index contributed by atoms with van der Waals surface area (Å²) in [6, 6.07) is 5.48. The highest BCUT2D eigenvalue weighted by Gasteiger charge is 2.53. The van der Waals surface area contributed by atoms with E-state index in [2.05, 4.69) is 0 Å². The lowest BCUT2D eigenvalue weighted by Crippen LogP contribution is -2.57. The second kappa shape index (κ2) is 4.37. The monoisotopic (exact) mass is 247 g/mol. The molecule has 0 amide bonds. The zero-order chi connectivity index (χ0) is 13.3. The van der Waals surface area contributed by atoms with Gasteiger partial charge in [0.1, 0.15) is 5.75 Å². The molecule has 1 rings (SSSR count). The summed E-state index contributed by atoms with van der Waals surface area (Å²) in [6.45, 7) is 0.637. The zero-order valence-electron chi connectivity index (χ0n) is 9.08. The van der Waals surface area contributed by atoms with Gasteiger partial charge in [-0.05, 0) is 24.6 Å². The van der Waals surface area contributed by atoms with Crippen LogP contribution >= 0.6 is 0 Å². The highest BCUT2D eigenvalue weighted by atomic mass is 19.4. The molecule has 0 saturated heterocycles. The van der Waals surface area contributed by atoms with Gasteiger partial charge in [-0.15, -0.1) is 0 Å². The minimum Gasteiger partial charge on any atom is -0.508 e. The summed E-state index contributed by atoms with van der Waals surface area (Å²) in [6.07, 6.45) is -5.26. The van der Waals surface area contributed by atoms with Gasteiger partial charge in [0.15, 0.2) is 11.3 Å². The molecule has 0 aliphatic carbocycles. The SMILES string of the molecule is CC(N)(C(=O)Cc1cccc(O)c1)C(F)(F)F. The Morgan fingerprint density at radius 2 is 2.00 bits per heavy atom. The van der Waals surface area contributed by atoms with Crippen LogP contribution in [0.2, 0.25) is 0 Å². The number of benzene rings is 1. The Morgan fingerprint density at radius 3 is 2.47 bits per heavy atom. The minimum atomic E-state index is -4.79. The van der Waals surface area contributed by atoms with Crippen molar-refractivity contribution >= 4 is 5.78 Å². The van der Waals surface area contributed by atoms with E-state index in [1.165, 1.54) is 24.3 Å². The molecule has 0 spiro atoms. The first-order valence-corrected chi connectivity index (χ1v) is 4.81. The van der Waals surface area contributed by atoms with E-state index in [0.717, 1.165) is 0 Å². The standard InChI is InChI=1S/C11H12F3NO2/c1-10(15,11(12,13)14)9(17)6-7-3-2-4-8(16)5-7/h2-5,16H,6,15H2,1H3. The largest absolute Gasteiger partial charge is 0.508 e. The number of ketones is 1. The lowest BCUT2D eigenvalue weighted by atomic mass is 9.92. The van der Waals surface area contributed by atoms with Crippen LogP contribution < -0.4 is 5.73 Å². The second-order valence-corrected chi connectivity index (χ2v) is 3.97. The first kappa shape index (κ1) is 13.5. The number of hydrogen-bond acceptors (Lipinski definition) is 3. The first-order chi connectivity index (χ1) is 7.64. The summed E-state index contributed by atoms with van der Waals surface area (Å²) in [5, 5.41) is 9.12. The van der Waals surface area contributed by atoms with Crippen LogP contribution in [0.15, 0.2) is 24.3 Å². The smallest absolute Gasteiger partial charge is 0.413 e. The van der Waals surface area contributed by atoms with Crippen molar-refractivity contribution in [3.8, 4) is 5.75 Å². The number of rotatable bonds is 3. The zero-order valence-corrected chi connectivity index (χ0v) is 9.08. The number of halogens is 3. The van der Waals surface area contributed by atoms with E-state index in [0.29, 0.717) is 6.92 Å². The molecule has 1 aromatic rings. The van der Waals surface area contributed by atoms with Crippen molar-refractivity contribution in [3.63, 3.8) is 0 Å². The average Bonchev–Trinajstić information content (AvgIpc) is 2.15. The molecule has 0 fully saturated rings. The maximum atomic E-state index is 12.5. The van der Waals surface area contributed by atoms with Crippen LogP contribution in [0.4, 0.5) is 13.2 Å². The number of carbonyl (C=O) groups excluding carboxylic acids is 1. The van der Waals surface area contributed by atoms with Crippen molar-refractivity contribution < 1.29 is 23.1 Å². The molecular weight excluding hydrogens is 235 g/mol. The van der Waals surface area contributed by atoms with Crippen LogP contribution in [-0.4, -0.2) is 22.6 Å². The molecule has 0 radical (unpaired) electrons. The van der Waals surface area contributed by atoms with Crippen molar-refractivity contribution in [2.24, 2.45) is 5.73 Å². The van der Waals surface area contributed by atoms with Crippen molar-refractivity contribution in [1.82, 2.24) is 0 Å². The van der Waals surface area contributed by atoms with Gasteiger partial charge in [0.05, 0.1) is 0 Å². The molecule has 0 aliphatic heterocycles. The number of aromatic hydroxyl groups is 1. The predicted molar refractivity (Wildman–Crippen MR) is 55.5 cm³/mol. The van der Waals surface area contributed by atoms with E-state index >= 15 is 0 Å². The highest BCUT2D eigenvalue weighted by Crippen LogP contribution is 2.29. The third kappa shape index (κ3) is 2.97. The third-order valence-corrected chi connectivity index (χ3v) is 2.44. The van der Waals surface area contributed by atoms with E-state index in [1.54, 1.807) is 0 Å². The van der Waals surface area contributed by atoms with Gasteiger partial charge in [-0.1, -0.05) is 12.1 Å². The molecule has 0 saturated carbocycles. The molecular formula is C11H12F3NO2. The number of Topliss-reactive ketones (excluding diaryl/α,β-unsaturated/α-hetero) is 1. The molecule has 17 heavy (non-hydrogen) atoms. The Hall–Kier alpha value is -1.56. The van der Waals surface area contributed by atoms with E-state index in [4.69, 9.17) is 10.8 Å². The number of phenolic OH excluding ortho intramolecular Hbond substituents is 1. The van der Waals surface area contributed by atoms with Crippen LogP contribution in [-0.2, 0) is 11.2 Å². The Labute approximate surface area is 96.0 Å². The maximum absolute atomic E-state index is 12.5. The second-order valence-electron chi connectivity index (χ2n) is 3.97. The number of phenols is 1. The van der Waals surface area contributed by atoms with Crippen LogP contribution in [0.3, 0.4) is 0 Å². The minimum absolute atomic E-state index is 0.110. The van der Waals surface area contributed by atoms with E-state index < -0.39 is 23.9 Å². The molecule has 1 unspecified atom stereocenters. The summed E-state index contributed by atoms with van der Waals surface area (Å²) < 4.78 is 37.4. The van der Waals surface area contributed by atoms with Crippen molar-refractivity contribution in [2.45, 2.75) is 25.1 Å². The molecule has 3 N–H and O–H groups in total.